The summed E-state index contributed by atoms with van der Waals surface area (Å²) in [6.07, 6.45) is 0. The SMILES string of the molecule is COc1ccc(Cl)cc1NC(=O)CN(C)S(=O)(=O)N(C)C. The highest BCUT2D eigenvalue weighted by atomic mass is 35.5. The molecule has 1 aromatic carbocycles. The van der Waals surface area contributed by atoms with Crippen molar-refractivity contribution in [3.05, 3.63) is 23.2 Å². The van der Waals surface area contributed by atoms with Crippen molar-refractivity contribution in [3.8, 4) is 5.75 Å². The number of ether oxygens (including phenoxy) is 1. The average Bonchev–Trinajstić information content (AvgIpc) is 2.38. The first-order valence-corrected chi connectivity index (χ1v) is 7.73. The minimum Gasteiger partial charge on any atom is -0.495 e. The van der Waals surface area contributed by atoms with Crippen molar-refractivity contribution in [2.45, 2.75) is 0 Å². The van der Waals surface area contributed by atoms with Crippen LogP contribution in [-0.4, -0.2) is 57.7 Å². The summed E-state index contributed by atoms with van der Waals surface area (Å²) in [5.74, 6) is -0.0608. The second kappa shape index (κ2) is 7.08. The maximum absolute atomic E-state index is 11.9. The highest BCUT2D eigenvalue weighted by molar-refractivity contribution is 7.86. The van der Waals surface area contributed by atoms with Gasteiger partial charge in [-0.05, 0) is 18.2 Å². The topological polar surface area (TPSA) is 79.0 Å². The van der Waals surface area contributed by atoms with Crippen LogP contribution < -0.4 is 10.1 Å². The van der Waals surface area contributed by atoms with Gasteiger partial charge >= 0.3 is 0 Å². The van der Waals surface area contributed by atoms with Crippen LogP contribution in [-0.2, 0) is 15.0 Å². The lowest BCUT2D eigenvalue weighted by molar-refractivity contribution is -0.116. The van der Waals surface area contributed by atoms with Crippen LogP contribution in [0.4, 0.5) is 5.69 Å². The lowest BCUT2D eigenvalue weighted by Crippen LogP contribution is -2.41. The minimum absolute atomic E-state index is 0.323. The van der Waals surface area contributed by atoms with Crippen molar-refractivity contribution in [3.63, 3.8) is 0 Å². The van der Waals surface area contributed by atoms with E-state index in [-0.39, 0.29) is 6.54 Å². The van der Waals surface area contributed by atoms with Crippen LogP contribution in [0, 0.1) is 0 Å². The van der Waals surface area contributed by atoms with Crippen LogP contribution >= 0.6 is 11.6 Å². The monoisotopic (exact) mass is 335 g/mol. The highest BCUT2D eigenvalue weighted by Crippen LogP contribution is 2.27. The van der Waals surface area contributed by atoms with Gasteiger partial charge in [-0.15, -0.1) is 0 Å². The van der Waals surface area contributed by atoms with Gasteiger partial charge in [0.05, 0.1) is 19.3 Å². The van der Waals surface area contributed by atoms with Gasteiger partial charge in [0.2, 0.25) is 5.91 Å². The number of halogens is 1. The molecule has 9 heteroatoms. The molecular weight excluding hydrogens is 318 g/mol. The van der Waals surface area contributed by atoms with E-state index in [2.05, 4.69) is 5.32 Å². The fourth-order valence-electron chi connectivity index (χ4n) is 1.53. The fourth-order valence-corrected chi connectivity index (χ4v) is 2.54. The van der Waals surface area contributed by atoms with E-state index in [9.17, 15) is 13.2 Å². The normalized spacial score (nSPS) is 11.8. The number of methoxy groups -OCH3 is 1. The largest absolute Gasteiger partial charge is 0.495 e. The van der Waals surface area contributed by atoms with Gasteiger partial charge in [-0.3, -0.25) is 4.79 Å². The molecular formula is C12H18ClN3O4S. The Morgan fingerprint density at radius 3 is 2.48 bits per heavy atom. The smallest absolute Gasteiger partial charge is 0.281 e. The number of carbonyl (C=O) groups excluding carboxylic acids is 1. The first-order chi connectivity index (χ1) is 9.68. The van der Waals surface area contributed by atoms with Gasteiger partial charge in [-0.2, -0.15) is 17.0 Å². The van der Waals surface area contributed by atoms with E-state index in [1.807, 2.05) is 0 Å². The van der Waals surface area contributed by atoms with Gasteiger partial charge in [-0.25, -0.2) is 0 Å². The van der Waals surface area contributed by atoms with Crippen LogP contribution in [0.3, 0.4) is 0 Å². The summed E-state index contributed by atoms with van der Waals surface area (Å²) in [6, 6.07) is 4.76. The Balaban J connectivity index is 2.81. The van der Waals surface area contributed by atoms with E-state index in [0.717, 1.165) is 8.61 Å². The third-order valence-electron chi connectivity index (χ3n) is 2.66. The molecule has 0 radical (unpaired) electrons. The summed E-state index contributed by atoms with van der Waals surface area (Å²) >= 11 is 5.86. The zero-order chi connectivity index (χ0) is 16.2. The zero-order valence-corrected chi connectivity index (χ0v) is 13.8. The van der Waals surface area contributed by atoms with Crippen molar-refractivity contribution >= 4 is 33.4 Å². The average molecular weight is 336 g/mol. The second-order valence-corrected chi connectivity index (χ2v) is 7.12. The molecule has 1 aromatic rings. The number of amides is 1. The molecule has 0 saturated heterocycles. The van der Waals surface area contributed by atoms with Gasteiger partial charge < -0.3 is 10.1 Å². The molecule has 1 amide bonds. The van der Waals surface area contributed by atoms with E-state index >= 15 is 0 Å². The summed E-state index contributed by atoms with van der Waals surface area (Å²) in [5, 5.41) is 3.00. The van der Waals surface area contributed by atoms with Gasteiger partial charge in [0.1, 0.15) is 5.75 Å². The minimum atomic E-state index is -3.64. The molecule has 0 aliphatic carbocycles. The number of benzene rings is 1. The molecule has 21 heavy (non-hydrogen) atoms. The van der Waals surface area contributed by atoms with E-state index in [0.29, 0.717) is 16.5 Å². The summed E-state index contributed by atoms with van der Waals surface area (Å²) in [4.78, 5) is 11.9. The molecule has 0 bridgehead atoms. The quantitative estimate of drug-likeness (QED) is 0.842. The number of nitrogens with zero attached hydrogens (tertiary/aromatic N) is 2. The van der Waals surface area contributed by atoms with E-state index < -0.39 is 16.1 Å². The molecule has 1 N–H and O–H groups in total. The molecule has 0 spiro atoms. The number of hydrogen-bond donors (Lipinski definition) is 1. The lowest BCUT2D eigenvalue weighted by Gasteiger charge is -2.21. The number of anilines is 1. The molecule has 0 atom stereocenters. The van der Waals surface area contributed by atoms with Crippen molar-refractivity contribution in [2.24, 2.45) is 0 Å². The molecule has 0 aliphatic heterocycles. The molecule has 7 nitrogen and oxygen atoms in total. The van der Waals surface area contributed by atoms with Crippen LogP contribution in [0.1, 0.15) is 0 Å². The fraction of sp³-hybridized carbons (Fsp3) is 0.417. The number of nitrogens with one attached hydrogen (secondary N) is 1. The molecule has 118 valence electrons. The zero-order valence-electron chi connectivity index (χ0n) is 12.3. The Hall–Kier alpha value is -1.35. The Morgan fingerprint density at radius 2 is 1.95 bits per heavy atom. The molecule has 0 aliphatic rings. The third kappa shape index (κ3) is 4.57. The molecule has 0 unspecified atom stereocenters. The van der Waals surface area contributed by atoms with Gasteiger partial charge in [0, 0.05) is 26.2 Å². The van der Waals surface area contributed by atoms with Gasteiger partial charge in [0.15, 0.2) is 0 Å². The van der Waals surface area contributed by atoms with E-state index in [1.54, 1.807) is 12.1 Å². The van der Waals surface area contributed by atoms with Crippen molar-refractivity contribution in [1.82, 2.24) is 8.61 Å². The molecule has 0 saturated carbocycles. The first-order valence-electron chi connectivity index (χ1n) is 5.95. The van der Waals surface area contributed by atoms with Gasteiger partial charge in [0.25, 0.3) is 10.2 Å². The van der Waals surface area contributed by atoms with Crippen molar-refractivity contribution < 1.29 is 17.9 Å². The van der Waals surface area contributed by atoms with Crippen LogP contribution in [0.15, 0.2) is 18.2 Å². The molecule has 0 heterocycles. The number of hydrogen-bond acceptors (Lipinski definition) is 4. The maximum atomic E-state index is 11.9. The third-order valence-corrected chi connectivity index (χ3v) is 4.73. The van der Waals surface area contributed by atoms with E-state index in [1.165, 1.54) is 34.3 Å². The summed E-state index contributed by atoms with van der Waals surface area (Å²) < 4.78 is 30.7. The lowest BCUT2D eigenvalue weighted by atomic mass is 10.3. The van der Waals surface area contributed by atoms with Crippen LogP contribution in [0.25, 0.3) is 0 Å². The number of carbonyl (C=O) groups is 1. The number of likely N-dealkylation sites (N-methyl/N-ethyl adjacent to an activating group) is 1. The Kier molecular flexibility index (Phi) is 5.97. The standard InChI is InChI=1S/C12H18ClN3O4S/c1-15(2)21(18,19)16(3)8-12(17)14-10-7-9(13)5-6-11(10)20-4/h5-7H,8H2,1-4H3,(H,14,17). The van der Waals surface area contributed by atoms with E-state index in [4.69, 9.17) is 16.3 Å². The van der Waals surface area contributed by atoms with Gasteiger partial charge in [-0.1, -0.05) is 11.6 Å². The molecule has 1 rings (SSSR count). The molecule has 0 fully saturated rings. The molecule has 0 aromatic heterocycles. The summed E-state index contributed by atoms with van der Waals surface area (Å²) in [7, 11) is 1.93. The Labute approximate surface area is 129 Å². The van der Waals surface area contributed by atoms with Crippen molar-refractivity contribution in [1.29, 1.82) is 0 Å². The van der Waals surface area contributed by atoms with Crippen LogP contribution in [0.2, 0.25) is 5.02 Å². The Morgan fingerprint density at radius 1 is 1.33 bits per heavy atom. The highest BCUT2D eigenvalue weighted by Gasteiger charge is 2.23. The van der Waals surface area contributed by atoms with Crippen molar-refractivity contribution in [2.75, 3.05) is 40.1 Å². The Bertz CT molecular complexity index is 619. The predicted molar refractivity (Wildman–Crippen MR) is 81.9 cm³/mol. The summed E-state index contributed by atoms with van der Waals surface area (Å²) in [5.41, 5.74) is 0.380. The summed E-state index contributed by atoms with van der Waals surface area (Å²) in [6.45, 7) is -0.323. The second-order valence-electron chi connectivity index (χ2n) is 4.44. The van der Waals surface area contributed by atoms with Crippen LogP contribution in [0.5, 0.6) is 5.75 Å². The maximum Gasteiger partial charge on any atom is 0.281 e. The predicted octanol–water partition coefficient (Wildman–Crippen LogP) is 1.03. The first kappa shape index (κ1) is 17.7. The number of rotatable bonds is 6.